The van der Waals surface area contributed by atoms with Gasteiger partial charge in [0, 0.05) is 7.05 Å². The SMILES string of the molecule is Cc1ccc(OC(=O)n2cc(F)c(=N)n(C)c2=O)cc1. The van der Waals surface area contributed by atoms with Crippen molar-refractivity contribution in [3.8, 4) is 5.75 Å². The number of nitrogens with one attached hydrogen (secondary N) is 1. The number of carbonyl (C=O) groups is 1. The highest BCUT2D eigenvalue weighted by atomic mass is 19.1. The lowest BCUT2D eigenvalue weighted by Gasteiger charge is -2.08. The van der Waals surface area contributed by atoms with Crippen molar-refractivity contribution in [1.29, 1.82) is 5.41 Å². The molecular weight excluding hydrogens is 265 g/mol. The van der Waals surface area contributed by atoms with E-state index in [1.165, 1.54) is 7.05 Å². The van der Waals surface area contributed by atoms with Crippen LogP contribution in [0.25, 0.3) is 0 Å². The second-order valence-electron chi connectivity index (χ2n) is 4.22. The Kier molecular flexibility index (Phi) is 3.51. The lowest BCUT2D eigenvalue weighted by atomic mass is 10.2. The largest absolute Gasteiger partial charge is 0.427 e. The van der Waals surface area contributed by atoms with Crippen LogP contribution in [0.1, 0.15) is 5.56 Å². The molecule has 0 unspecified atom stereocenters. The minimum absolute atomic E-state index is 0.241. The molecule has 7 heteroatoms. The summed E-state index contributed by atoms with van der Waals surface area (Å²) >= 11 is 0. The number of benzene rings is 1. The number of aromatic nitrogens is 2. The van der Waals surface area contributed by atoms with Gasteiger partial charge in [-0.1, -0.05) is 17.7 Å². The van der Waals surface area contributed by atoms with Gasteiger partial charge in [0.15, 0.2) is 11.3 Å². The van der Waals surface area contributed by atoms with Gasteiger partial charge in [-0.2, -0.15) is 4.57 Å². The average Bonchev–Trinajstić information content (AvgIpc) is 2.43. The molecule has 1 aromatic carbocycles. The number of aryl methyl sites for hydroxylation is 1. The van der Waals surface area contributed by atoms with E-state index in [2.05, 4.69) is 0 Å². The molecule has 104 valence electrons. The van der Waals surface area contributed by atoms with Crippen molar-refractivity contribution in [3.05, 3.63) is 57.8 Å². The van der Waals surface area contributed by atoms with Crippen LogP contribution in [-0.2, 0) is 7.05 Å². The number of rotatable bonds is 1. The minimum atomic E-state index is -1.03. The Labute approximate surface area is 113 Å². The molecule has 0 bridgehead atoms. The molecule has 0 aliphatic rings. The van der Waals surface area contributed by atoms with Gasteiger partial charge in [0.2, 0.25) is 0 Å². The van der Waals surface area contributed by atoms with Gasteiger partial charge in [0.05, 0.1) is 6.20 Å². The van der Waals surface area contributed by atoms with Crippen molar-refractivity contribution >= 4 is 6.09 Å². The zero-order valence-corrected chi connectivity index (χ0v) is 10.9. The monoisotopic (exact) mass is 277 g/mol. The van der Waals surface area contributed by atoms with E-state index >= 15 is 0 Å². The summed E-state index contributed by atoms with van der Waals surface area (Å²) in [4.78, 5) is 23.6. The third-order valence-corrected chi connectivity index (χ3v) is 2.72. The number of nitrogens with zero attached hydrogens (tertiary/aromatic N) is 2. The minimum Gasteiger partial charge on any atom is -0.410 e. The van der Waals surface area contributed by atoms with Crippen LogP contribution in [0, 0.1) is 18.2 Å². The van der Waals surface area contributed by atoms with Crippen molar-refractivity contribution in [2.24, 2.45) is 7.05 Å². The lowest BCUT2D eigenvalue weighted by Crippen LogP contribution is -2.42. The van der Waals surface area contributed by atoms with Crippen LogP contribution < -0.4 is 15.9 Å². The Balaban J connectivity index is 2.37. The summed E-state index contributed by atoms with van der Waals surface area (Å²) < 4.78 is 19.6. The van der Waals surface area contributed by atoms with Gasteiger partial charge in [-0.3, -0.25) is 9.98 Å². The van der Waals surface area contributed by atoms with E-state index in [4.69, 9.17) is 10.1 Å². The van der Waals surface area contributed by atoms with Gasteiger partial charge in [-0.25, -0.2) is 14.0 Å². The van der Waals surface area contributed by atoms with Crippen LogP contribution >= 0.6 is 0 Å². The number of halogens is 1. The third-order valence-electron chi connectivity index (χ3n) is 2.72. The van der Waals surface area contributed by atoms with Crippen molar-refractivity contribution < 1.29 is 13.9 Å². The fourth-order valence-corrected chi connectivity index (χ4v) is 1.53. The molecule has 2 rings (SSSR count). The first kappa shape index (κ1) is 13.7. The highest BCUT2D eigenvalue weighted by Gasteiger charge is 2.14. The molecule has 0 saturated heterocycles. The van der Waals surface area contributed by atoms with Gasteiger partial charge in [-0.05, 0) is 19.1 Å². The van der Waals surface area contributed by atoms with Gasteiger partial charge in [-0.15, -0.1) is 0 Å². The number of ether oxygens (including phenoxy) is 1. The van der Waals surface area contributed by atoms with Crippen molar-refractivity contribution in [2.75, 3.05) is 0 Å². The second kappa shape index (κ2) is 5.12. The maximum atomic E-state index is 13.4. The Hall–Kier alpha value is -2.70. The van der Waals surface area contributed by atoms with Gasteiger partial charge < -0.3 is 4.74 Å². The molecule has 1 aromatic heterocycles. The maximum Gasteiger partial charge on any atom is 0.427 e. The normalized spacial score (nSPS) is 10.3. The lowest BCUT2D eigenvalue weighted by molar-refractivity contribution is 0.199. The Bertz CT molecular complexity index is 775. The summed E-state index contributed by atoms with van der Waals surface area (Å²) in [6, 6.07) is 6.60. The van der Waals surface area contributed by atoms with Gasteiger partial charge in [0.1, 0.15) is 5.75 Å². The number of carbonyl (C=O) groups excluding carboxylic acids is 1. The molecule has 0 amide bonds. The predicted molar refractivity (Wildman–Crippen MR) is 68.1 cm³/mol. The fraction of sp³-hybridized carbons (Fsp3) is 0.154. The zero-order valence-electron chi connectivity index (χ0n) is 10.9. The molecule has 0 atom stereocenters. The summed E-state index contributed by atoms with van der Waals surface area (Å²) in [6.07, 6.45) is -0.394. The average molecular weight is 277 g/mol. The molecular formula is C13H12FN3O3. The van der Waals surface area contributed by atoms with Crippen LogP contribution in [0.15, 0.2) is 35.3 Å². The fourth-order valence-electron chi connectivity index (χ4n) is 1.53. The van der Waals surface area contributed by atoms with E-state index in [1.807, 2.05) is 6.92 Å². The third kappa shape index (κ3) is 2.51. The number of hydrogen-bond acceptors (Lipinski definition) is 4. The molecule has 20 heavy (non-hydrogen) atoms. The van der Waals surface area contributed by atoms with Crippen LogP contribution in [0.5, 0.6) is 5.75 Å². The van der Waals surface area contributed by atoms with Crippen LogP contribution in [0.3, 0.4) is 0 Å². The van der Waals surface area contributed by atoms with E-state index in [1.54, 1.807) is 24.3 Å². The molecule has 2 aromatic rings. The van der Waals surface area contributed by atoms with Gasteiger partial charge >= 0.3 is 11.8 Å². The topological polar surface area (TPSA) is 77.1 Å². The van der Waals surface area contributed by atoms with E-state index in [0.717, 1.165) is 5.56 Å². The highest BCUT2D eigenvalue weighted by molar-refractivity contribution is 5.72. The van der Waals surface area contributed by atoms with Crippen molar-refractivity contribution in [2.45, 2.75) is 6.92 Å². The van der Waals surface area contributed by atoms with E-state index < -0.39 is 23.1 Å². The summed E-state index contributed by atoms with van der Waals surface area (Å²) in [5.74, 6) is -0.751. The van der Waals surface area contributed by atoms with Crippen molar-refractivity contribution in [3.63, 3.8) is 0 Å². The zero-order chi connectivity index (χ0) is 14.9. The molecule has 0 saturated carbocycles. The Morgan fingerprint density at radius 3 is 2.50 bits per heavy atom. The van der Waals surface area contributed by atoms with Crippen LogP contribution in [-0.4, -0.2) is 15.2 Å². The van der Waals surface area contributed by atoms with Crippen LogP contribution in [0.4, 0.5) is 9.18 Å². The molecule has 0 spiro atoms. The molecule has 0 fully saturated rings. The van der Waals surface area contributed by atoms with E-state index in [0.29, 0.717) is 15.3 Å². The van der Waals surface area contributed by atoms with E-state index in [-0.39, 0.29) is 5.75 Å². The molecule has 0 radical (unpaired) electrons. The maximum absolute atomic E-state index is 13.4. The van der Waals surface area contributed by atoms with Crippen molar-refractivity contribution in [1.82, 2.24) is 9.13 Å². The molecule has 1 N–H and O–H groups in total. The summed E-state index contributed by atoms with van der Waals surface area (Å²) in [6.45, 7) is 1.87. The smallest absolute Gasteiger partial charge is 0.410 e. The van der Waals surface area contributed by atoms with Gasteiger partial charge in [0.25, 0.3) is 0 Å². The Morgan fingerprint density at radius 2 is 1.90 bits per heavy atom. The molecule has 0 aliphatic heterocycles. The first-order valence-corrected chi connectivity index (χ1v) is 5.72. The standard InChI is InChI=1S/C13H12FN3O3/c1-8-3-5-9(6-4-8)20-13(19)17-7-10(14)11(15)16(2)12(17)18/h3-7,15H,1-2H3. The summed E-state index contributed by atoms with van der Waals surface area (Å²) in [5, 5.41) is 7.29. The molecule has 6 nitrogen and oxygen atoms in total. The number of hydrogen-bond donors (Lipinski definition) is 1. The quantitative estimate of drug-likeness (QED) is 0.849. The first-order chi connectivity index (χ1) is 9.40. The van der Waals surface area contributed by atoms with Crippen LogP contribution in [0.2, 0.25) is 0 Å². The second-order valence-corrected chi connectivity index (χ2v) is 4.22. The molecule has 1 heterocycles. The predicted octanol–water partition coefficient (Wildman–Crippen LogP) is 1.16. The summed E-state index contributed by atoms with van der Waals surface area (Å²) in [5.41, 5.74) is -0.471. The summed E-state index contributed by atoms with van der Waals surface area (Å²) in [7, 11) is 1.20. The van der Waals surface area contributed by atoms with E-state index in [9.17, 15) is 14.0 Å². The Morgan fingerprint density at radius 1 is 1.30 bits per heavy atom. The highest BCUT2D eigenvalue weighted by Crippen LogP contribution is 2.11. The first-order valence-electron chi connectivity index (χ1n) is 5.72. The molecule has 0 aliphatic carbocycles.